The average molecular weight is 343 g/mol. The second kappa shape index (κ2) is 8.05. The standard InChI is InChI=1S/C19H25N3O3/c1-3-6-16-13-17(21-25-16)18-7-5-12-22(18)19(23)20-14-8-10-15(11-9-14)24-4-2/h8-11,13,18H,3-7,12H2,1-2H3,(H,20,23)/t18-/m0/s1. The first-order valence-corrected chi connectivity index (χ1v) is 8.97. The van der Waals surface area contributed by atoms with E-state index in [-0.39, 0.29) is 12.1 Å². The Balaban J connectivity index is 1.65. The molecular formula is C19H25N3O3. The molecule has 1 aliphatic rings. The number of aryl methyl sites for hydroxylation is 1. The van der Waals surface area contributed by atoms with Gasteiger partial charge in [0.15, 0.2) is 0 Å². The van der Waals surface area contributed by atoms with E-state index in [2.05, 4.69) is 17.4 Å². The van der Waals surface area contributed by atoms with Crippen LogP contribution in [-0.4, -0.2) is 29.2 Å². The number of aromatic nitrogens is 1. The van der Waals surface area contributed by atoms with Crippen LogP contribution in [0.2, 0.25) is 0 Å². The van der Waals surface area contributed by atoms with Crippen LogP contribution >= 0.6 is 0 Å². The second-order valence-electron chi connectivity index (χ2n) is 6.21. The second-order valence-corrected chi connectivity index (χ2v) is 6.21. The zero-order valence-corrected chi connectivity index (χ0v) is 14.8. The van der Waals surface area contributed by atoms with Gasteiger partial charge in [-0.05, 0) is 50.5 Å². The van der Waals surface area contributed by atoms with Gasteiger partial charge in [0.2, 0.25) is 0 Å². The molecule has 1 aromatic heterocycles. The van der Waals surface area contributed by atoms with E-state index in [0.29, 0.717) is 6.61 Å². The molecular weight excluding hydrogens is 318 g/mol. The number of nitrogens with zero attached hydrogens (tertiary/aromatic N) is 2. The van der Waals surface area contributed by atoms with Crippen molar-refractivity contribution in [3.63, 3.8) is 0 Å². The van der Waals surface area contributed by atoms with Gasteiger partial charge in [-0.15, -0.1) is 0 Å². The molecule has 0 radical (unpaired) electrons. The highest BCUT2D eigenvalue weighted by atomic mass is 16.5. The van der Waals surface area contributed by atoms with Crippen LogP contribution in [0, 0.1) is 0 Å². The summed E-state index contributed by atoms with van der Waals surface area (Å²) in [4.78, 5) is 14.5. The Kier molecular flexibility index (Phi) is 5.58. The number of hydrogen-bond donors (Lipinski definition) is 1. The van der Waals surface area contributed by atoms with E-state index in [1.807, 2.05) is 42.2 Å². The van der Waals surface area contributed by atoms with E-state index in [0.717, 1.165) is 55.1 Å². The third-order valence-electron chi connectivity index (χ3n) is 4.35. The van der Waals surface area contributed by atoms with E-state index in [1.165, 1.54) is 0 Å². The summed E-state index contributed by atoms with van der Waals surface area (Å²) in [5, 5.41) is 7.13. The maximum Gasteiger partial charge on any atom is 0.322 e. The summed E-state index contributed by atoms with van der Waals surface area (Å²) >= 11 is 0. The molecule has 1 atom stereocenters. The van der Waals surface area contributed by atoms with Crippen molar-refractivity contribution in [3.8, 4) is 5.75 Å². The molecule has 6 heteroatoms. The van der Waals surface area contributed by atoms with Crippen LogP contribution in [0.3, 0.4) is 0 Å². The predicted molar refractivity (Wildman–Crippen MR) is 95.8 cm³/mol. The van der Waals surface area contributed by atoms with Crippen molar-refractivity contribution >= 4 is 11.7 Å². The Morgan fingerprint density at radius 3 is 2.88 bits per heavy atom. The molecule has 2 aromatic rings. The van der Waals surface area contributed by atoms with Crippen LogP contribution in [0.4, 0.5) is 10.5 Å². The number of benzene rings is 1. The van der Waals surface area contributed by atoms with Gasteiger partial charge in [-0.25, -0.2) is 4.79 Å². The van der Waals surface area contributed by atoms with Crippen LogP contribution in [0.15, 0.2) is 34.9 Å². The summed E-state index contributed by atoms with van der Waals surface area (Å²) in [6.45, 7) is 5.40. The number of likely N-dealkylation sites (tertiary alicyclic amines) is 1. The molecule has 1 N–H and O–H groups in total. The van der Waals surface area contributed by atoms with Gasteiger partial charge < -0.3 is 19.5 Å². The van der Waals surface area contributed by atoms with E-state index in [1.54, 1.807) is 0 Å². The van der Waals surface area contributed by atoms with E-state index >= 15 is 0 Å². The number of hydrogen-bond acceptors (Lipinski definition) is 4. The third-order valence-corrected chi connectivity index (χ3v) is 4.35. The quantitative estimate of drug-likeness (QED) is 0.844. The largest absolute Gasteiger partial charge is 0.494 e. The lowest BCUT2D eigenvalue weighted by Gasteiger charge is -2.23. The molecule has 1 fully saturated rings. The molecule has 0 aliphatic carbocycles. The smallest absolute Gasteiger partial charge is 0.322 e. The minimum atomic E-state index is -0.105. The van der Waals surface area contributed by atoms with Crippen molar-refractivity contribution in [2.24, 2.45) is 0 Å². The van der Waals surface area contributed by atoms with Crippen LogP contribution in [-0.2, 0) is 6.42 Å². The van der Waals surface area contributed by atoms with Gasteiger partial charge in [0.05, 0.1) is 12.6 Å². The predicted octanol–water partition coefficient (Wildman–Crippen LogP) is 4.39. The minimum Gasteiger partial charge on any atom is -0.494 e. The number of carbonyl (C=O) groups excluding carboxylic acids is 1. The summed E-state index contributed by atoms with van der Waals surface area (Å²) in [7, 11) is 0. The van der Waals surface area contributed by atoms with Gasteiger partial charge in [-0.1, -0.05) is 12.1 Å². The summed E-state index contributed by atoms with van der Waals surface area (Å²) < 4.78 is 10.8. The van der Waals surface area contributed by atoms with Gasteiger partial charge >= 0.3 is 6.03 Å². The maximum atomic E-state index is 12.7. The number of nitrogens with one attached hydrogen (secondary N) is 1. The molecule has 0 bridgehead atoms. The number of urea groups is 1. The van der Waals surface area contributed by atoms with Crippen molar-refractivity contribution in [1.29, 1.82) is 0 Å². The first kappa shape index (κ1) is 17.3. The molecule has 1 aromatic carbocycles. The fraction of sp³-hybridized carbons (Fsp3) is 0.474. The molecule has 2 amide bonds. The summed E-state index contributed by atoms with van der Waals surface area (Å²) in [5.74, 6) is 1.68. The Morgan fingerprint density at radius 1 is 1.36 bits per heavy atom. The highest BCUT2D eigenvalue weighted by molar-refractivity contribution is 5.89. The molecule has 0 saturated carbocycles. The van der Waals surface area contributed by atoms with Gasteiger partial charge in [-0.3, -0.25) is 0 Å². The first-order valence-electron chi connectivity index (χ1n) is 8.97. The number of amides is 2. The summed E-state index contributed by atoms with van der Waals surface area (Å²) in [5.41, 5.74) is 1.61. The molecule has 0 spiro atoms. The van der Waals surface area contributed by atoms with Crippen molar-refractivity contribution in [1.82, 2.24) is 10.1 Å². The van der Waals surface area contributed by atoms with E-state index < -0.39 is 0 Å². The highest BCUT2D eigenvalue weighted by Crippen LogP contribution is 2.32. The third kappa shape index (κ3) is 4.13. The van der Waals surface area contributed by atoms with Gasteiger partial charge in [0.25, 0.3) is 0 Å². The van der Waals surface area contributed by atoms with Crippen molar-refractivity contribution < 1.29 is 14.1 Å². The van der Waals surface area contributed by atoms with Crippen molar-refractivity contribution in [2.45, 2.75) is 45.6 Å². The fourth-order valence-electron chi connectivity index (χ4n) is 3.16. The number of anilines is 1. The first-order chi connectivity index (χ1) is 12.2. The lowest BCUT2D eigenvalue weighted by molar-refractivity contribution is 0.204. The zero-order valence-electron chi connectivity index (χ0n) is 14.8. The van der Waals surface area contributed by atoms with Crippen LogP contribution in [0.5, 0.6) is 5.75 Å². The van der Waals surface area contributed by atoms with Crippen molar-refractivity contribution in [3.05, 3.63) is 41.8 Å². The molecule has 134 valence electrons. The monoisotopic (exact) mass is 343 g/mol. The van der Waals surface area contributed by atoms with Crippen LogP contribution < -0.4 is 10.1 Å². The summed E-state index contributed by atoms with van der Waals surface area (Å²) in [6, 6.07) is 9.28. The fourth-order valence-corrected chi connectivity index (χ4v) is 3.16. The lowest BCUT2D eigenvalue weighted by Crippen LogP contribution is -2.34. The van der Waals surface area contributed by atoms with Crippen molar-refractivity contribution in [2.75, 3.05) is 18.5 Å². The van der Waals surface area contributed by atoms with Gasteiger partial charge in [-0.2, -0.15) is 0 Å². The zero-order chi connectivity index (χ0) is 17.6. The van der Waals surface area contributed by atoms with Gasteiger partial charge in [0.1, 0.15) is 17.2 Å². The Hall–Kier alpha value is -2.50. The molecule has 2 heterocycles. The van der Waals surface area contributed by atoms with Gasteiger partial charge in [0, 0.05) is 24.7 Å². The number of carbonyl (C=O) groups is 1. The normalized spacial score (nSPS) is 16.9. The minimum absolute atomic E-state index is 0.0166. The van der Waals surface area contributed by atoms with E-state index in [9.17, 15) is 4.79 Å². The Bertz CT molecular complexity index is 696. The molecule has 1 aliphatic heterocycles. The molecule has 0 unspecified atom stereocenters. The average Bonchev–Trinajstić information content (AvgIpc) is 3.26. The maximum absolute atomic E-state index is 12.7. The number of ether oxygens (including phenoxy) is 1. The summed E-state index contributed by atoms with van der Waals surface area (Å²) in [6.07, 6.45) is 3.77. The Morgan fingerprint density at radius 2 is 2.16 bits per heavy atom. The lowest BCUT2D eigenvalue weighted by atomic mass is 10.1. The topological polar surface area (TPSA) is 67.6 Å². The molecule has 1 saturated heterocycles. The van der Waals surface area contributed by atoms with E-state index in [4.69, 9.17) is 9.26 Å². The van der Waals surface area contributed by atoms with Crippen LogP contribution in [0.25, 0.3) is 0 Å². The van der Waals surface area contributed by atoms with Crippen LogP contribution in [0.1, 0.15) is 50.6 Å². The Labute approximate surface area is 148 Å². The molecule has 6 nitrogen and oxygen atoms in total. The highest BCUT2D eigenvalue weighted by Gasteiger charge is 2.32. The molecule has 25 heavy (non-hydrogen) atoms. The molecule has 3 rings (SSSR count). The number of rotatable bonds is 6. The SMILES string of the molecule is CCCc1cc([C@@H]2CCCN2C(=O)Nc2ccc(OCC)cc2)no1.